The molecule has 0 aromatic rings. The van der Waals surface area contributed by atoms with Crippen LogP contribution in [0.4, 0.5) is 0 Å². The van der Waals surface area contributed by atoms with Crippen LogP contribution in [0.2, 0.25) is 0 Å². The van der Waals surface area contributed by atoms with Gasteiger partial charge >= 0.3 is 0 Å². The molecule has 1 unspecified atom stereocenters. The van der Waals surface area contributed by atoms with Crippen LogP contribution in [0, 0.1) is 0 Å². The highest BCUT2D eigenvalue weighted by Gasteiger charge is 2.31. The van der Waals surface area contributed by atoms with E-state index in [4.69, 9.17) is 5.73 Å². The Morgan fingerprint density at radius 3 is 3.04 bits per heavy atom. The van der Waals surface area contributed by atoms with Crippen molar-refractivity contribution in [1.29, 1.82) is 0 Å². The van der Waals surface area contributed by atoms with Gasteiger partial charge in [0.15, 0.2) is 0 Å². The first-order valence-corrected chi connectivity index (χ1v) is 8.43. The number of allylic oxidation sites excluding steroid dienone is 5. The van der Waals surface area contributed by atoms with Gasteiger partial charge in [-0.1, -0.05) is 18.2 Å². The summed E-state index contributed by atoms with van der Waals surface area (Å²) < 4.78 is 0. The molecule has 0 aromatic carbocycles. The van der Waals surface area contributed by atoms with Gasteiger partial charge in [0.05, 0.1) is 17.4 Å². The Morgan fingerprint density at radius 2 is 2.13 bits per heavy atom. The fraction of sp³-hybridized carbons (Fsp3) is 0.444. The number of rotatable bonds is 2. The molecule has 0 saturated heterocycles. The molecule has 5 nitrogen and oxygen atoms in total. The maximum atomic E-state index is 12.7. The Labute approximate surface area is 136 Å². The normalized spacial score (nSPS) is 29.0. The Bertz CT molecular complexity index is 696. The Kier molecular flexibility index (Phi) is 3.65. The van der Waals surface area contributed by atoms with Crippen LogP contribution in [0.15, 0.2) is 51.8 Å². The predicted octanol–water partition coefficient (Wildman–Crippen LogP) is 1.80. The van der Waals surface area contributed by atoms with E-state index >= 15 is 0 Å². The first kappa shape index (κ1) is 14.5. The van der Waals surface area contributed by atoms with Gasteiger partial charge in [0.2, 0.25) is 0 Å². The topological polar surface area (TPSA) is 79.5 Å². The second-order valence-electron chi connectivity index (χ2n) is 6.45. The second kappa shape index (κ2) is 5.81. The van der Waals surface area contributed by atoms with Crippen LogP contribution in [-0.4, -0.2) is 23.8 Å². The Morgan fingerprint density at radius 1 is 1.26 bits per heavy atom. The van der Waals surface area contributed by atoms with Crippen molar-refractivity contribution < 1.29 is 4.79 Å². The highest BCUT2D eigenvalue weighted by Crippen LogP contribution is 2.34. The van der Waals surface area contributed by atoms with E-state index < -0.39 is 6.17 Å². The third-order valence-electron chi connectivity index (χ3n) is 4.91. The van der Waals surface area contributed by atoms with Gasteiger partial charge in [-0.05, 0) is 55.7 Å². The molecule has 23 heavy (non-hydrogen) atoms. The molecular weight excluding hydrogens is 288 g/mol. The van der Waals surface area contributed by atoms with Gasteiger partial charge in [-0.15, -0.1) is 0 Å². The fourth-order valence-electron chi connectivity index (χ4n) is 3.74. The molecule has 5 heteroatoms. The minimum atomic E-state index is -0.548. The largest absolute Gasteiger partial charge is 0.363 e. The SMILES string of the molecule is NC1NC2=C(CCC=C2)N=C1C(=O)N[C@@H]1CCC2=CCCC=C21. The zero-order valence-corrected chi connectivity index (χ0v) is 13.1. The zero-order chi connectivity index (χ0) is 15.8. The molecule has 1 amide bonds. The molecular formula is C18H22N4O. The van der Waals surface area contributed by atoms with Crippen molar-refractivity contribution in [3.05, 3.63) is 46.8 Å². The molecule has 4 N–H and O–H groups in total. The second-order valence-corrected chi connectivity index (χ2v) is 6.45. The number of nitrogens with two attached hydrogens (primary N) is 1. The van der Waals surface area contributed by atoms with Crippen LogP contribution in [0.3, 0.4) is 0 Å². The van der Waals surface area contributed by atoms with E-state index in [0.717, 1.165) is 49.9 Å². The van der Waals surface area contributed by atoms with Gasteiger partial charge in [-0.3, -0.25) is 4.79 Å². The summed E-state index contributed by atoms with van der Waals surface area (Å²) in [6.45, 7) is 0. The Balaban J connectivity index is 1.52. The summed E-state index contributed by atoms with van der Waals surface area (Å²) in [5.74, 6) is -0.149. The van der Waals surface area contributed by atoms with Crippen LogP contribution in [0.1, 0.15) is 38.5 Å². The molecule has 3 aliphatic carbocycles. The summed E-state index contributed by atoms with van der Waals surface area (Å²) in [6, 6.07) is 0.102. The van der Waals surface area contributed by atoms with Gasteiger partial charge in [0.1, 0.15) is 11.9 Å². The smallest absolute Gasteiger partial charge is 0.269 e. The maximum absolute atomic E-state index is 12.7. The first-order valence-electron chi connectivity index (χ1n) is 8.43. The quantitative estimate of drug-likeness (QED) is 0.727. The lowest BCUT2D eigenvalue weighted by atomic mass is 9.98. The average molecular weight is 310 g/mol. The van der Waals surface area contributed by atoms with Gasteiger partial charge in [-0.2, -0.15) is 0 Å². The van der Waals surface area contributed by atoms with E-state index in [2.05, 4.69) is 33.9 Å². The number of carbonyl (C=O) groups is 1. The van der Waals surface area contributed by atoms with Crippen molar-refractivity contribution >= 4 is 11.6 Å². The minimum absolute atomic E-state index is 0.102. The number of hydrogen-bond donors (Lipinski definition) is 3. The molecule has 4 rings (SSSR count). The molecule has 1 fully saturated rings. The number of hydrogen-bond acceptors (Lipinski definition) is 4. The molecule has 2 atom stereocenters. The van der Waals surface area contributed by atoms with E-state index in [1.165, 1.54) is 11.1 Å². The maximum Gasteiger partial charge on any atom is 0.269 e. The van der Waals surface area contributed by atoms with Crippen molar-refractivity contribution in [3.8, 4) is 0 Å². The molecule has 0 spiro atoms. The summed E-state index contributed by atoms with van der Waals surface area (Å²) >= 11 is 0. The van der Waals surface area contributed by atoms with Crippen molar-refractivity contribution in [2.24, 2.45) is 10.7 Å². The van der Waals surface area contributed by atoms with Gasteiger partial charge in [0.25, 0.3) is 5.91 Å². The van der Waals surface area contributed by atoms with Gasteiger partial charge in [-0.25, -0.2) is 4.99 Å². The van der Waals surface area contributed by atoms with Crippen LogP contribution >= 0.6 is 0 Å². The van der Waals surface area contributed by atoms with E-state index in [1.807, 2.05) is 6.08 Å². The van der Waals surface area contributed by atoms with Crippen molar-refractivity contribution in [2.45, 2.75) is 50.7 Å². The monoisotopic (exact) mass is 310 g/mol. The highest BCUT2D eigenvalue weighted by atomic mass is 16.2. The summed E-state index contributed by atoms with van der Waals surface area (Å²) in [7, 11) is 0. The number of aliphatic imine (C=N–C) groups is 1. The van der Waals surface area contributed by atoms with Crippen LogP contribution < -0.4 is 16.4 Å². The van der Waals surface area contributed by atoms with Crippen molar-refractivity contribution in [2.75, 3.05) is 0 Å². The number of nitrogens with zero attached hydrogens (tertiary/aromatic N) is 1. The summed E-state index contributed by atoms with van der Waals surface area (Å²) in [5, 5.41) is 6.32. The number of amides is 1. The fourth-order valence-corrected chi connectivity index (χ4v) is 3.74. The molecule has 1 aliphatic heterocycles. The van der Waals surface area contributed by atoms with Crippen LogP contribution in [-0.2, 0) is 4.79 Å². The van der Waals surface area contributed by atoms with Crippen molar-refractivity contribution in [1.82, 2.24) is 10.6 Å². The lowest BCUT2D eigenvalue weighted by Crippen LogP contribution is -2.53. The summed E-state index contributed by atoms with van der Waals surface area (Å²) in [5.41, 5.74) is 11.1. The minimum Gasteiger partial charge on any atom is -0.363 e. The summed E-state index contributed by atoms with van der Waals surface area (Å²) in [4.78, 5) is 17.2. The molecule has 120 valence electrons. The van der Waals surface area contributed by atoms with Crippen LogP contribution in [0.25, 0.3) is 0 Å². The summed E-state index contributed by atoms with van der Waals surface area (Å²) in [6.07, 6.45) is 14.1. The van der Waals surface area contributed by atoms with Gasteiger partial charge in [0, 0.05) is 0 Å². The van der Waals surface area contributed by atoms with Crippen LogP contribution in [0.5, 0.6) is 0 Å². The third kappa shape index (κ3) is 2.65. The predicted molar refractivity (Wildman–Crippen MR) is 90.5 cm³/mol. The average Bonchev–Trinajstić information content (AvgIpc) is 2.97. The lowest BCUT2D eigenvalue weighted by Gasteiger charge is -2.27. The molecule has 1 saturated carbocycles. The third-order valence-corrected chi connectivity index (χ3v) is 4.91. The molecule has 1 heterocycles. The van der Waals surface area contributed by atoms with E-state index in [0.29, 0.717) is 5.71 Å². The zero-order valence-electron chi connectivity index (χ0n) is 13.1. The molecule has 0 radical (unpaired) electrons. The van der Waals surface area contributed by atoms with Gasteiger partial charge < -0.3 is 16.4 Å². The standard InChI is InChI=1S/C18H22N4O/c19-17-16(20-14-7-3-4-8-15(14)21-17)18(23)22-13-10-9-11-5-1-2-6-12(11)13/h4-6,8,13,17,21H,1-3,7,9-10,19H2,(H,22,23)/t13-,17?/m1/s1. The number of carbonyl (C=O) groups excluding carboxylic acids is 1. The number of fused-ring (bicyclic) bond motifs is 1. The molecule has 0 aromatic heterocycles. The molecule has 0 bridgehead atoms. The lowest BCUT2D eigenvalue weighted by molar-refractivity contribution is -0.115. The molecule has 4 aliphatic rings. The van der Waals surface area contributed by atoms with Crippen molar-refractivity contribution in [3.63, 3.8) is 0 Å². The van der Waals surface area contributed by atoms with E-state index in [1.54, 1.807) is 0 Å². The number of nitrogens with one attached hydrogen (secondary N) is 2. The first-order chi connectivity index (χ1) is 11.2. The van der Waals surface area contributed by atoms with E-state index in [-0.39, 0.29) is 11.9 Å². The van der Waals surface area contributed by atoms with E-state index in [9.17, 15) is 4.79 Å². The Hall–Kier alpha value is -2.14. The highest BCUT2D eigenvalue weighted by molar-refractivity contribution is 6.41.